The van der Waals surface area contributed by atoms with Gasteiger partial charge in [0.25, 0.3) is 0 Å². The van der Waals surface area contributed by atoms with E-state index in [1.54, 1.807) is 0 Å². The van der Waals surface area contributed by atoms with Gasteiger partial charge >= 0.3 is 0 Å². The van der Waals surface area contributed by atoms with Gasteiger partial charge in [0, 0.05) is 0 Å². The average molecular weight is 158 g/mol. The van der Waals surface area contributed by atoms with E-state index in [2.05, 4.69) is 27.4 Å². The molecule has 0 saturated heterocycles. The normalized spacial score (nSPS) is 10.4. The number of allylic oxidation sites excluding steroid dienone is 1. The van der Waals surface area contributed by atoms with Crippen molar-refractivity contribution >= 4 is 11.8 Å². The third kappa shape index (κ3) is 4.92. The van der Waals surface area contributed by atoms with Crippen molar-refractivity contribution in [1.29, 1.82) is 0 Å². The van der Waals surface area contributed by atoms with Crippen LogP contribution >= 0.6 is 11.8 Å². The van der Waals surface area contributed by atoms with Crippen LogP contribution in [0.3, 0.4) is 0 Å². The van der Waals surface area contributed by atoms with Crippen LogP contribution < -0.4 is 0 Å². The van der Waals surface area contributed by atoms with Crippen molar-refractivity contribution in [3.8, 4) is 0 Å². The van der Waals surface area contributed by atoms with Gasteiger partial charge in [-0.1, -0.05) is 32.9 Å². The van der Waals surface area contributed by atoms with Gasteiger partial charge in [-0.15, -0.1) is 0 Å². The van der Waals surface area contributed by atoms with Gasteiger partial charge in [-0.05, 0) is 23.8 Å². The highest BCUT2D eigenvalue weighted by atomic mass is 32.2. The van der Waals surface area contributed by atoms with E-state index in [-0.39, 0.29) is 0 Å². The van der Waals surface area contributed by atoms with Crippen LogP contribution in [0.2, 0.25) is 0 Å². The minimum Gasteiger partial charge on any atom is -0.162 e. The summed E-state index contributed by atoms with van der Waals surface area (Å²) in [5.41, 5.74) is 1.39. The van der Waals surface area contributed by atoms with E-state index in [1.165, 1.54) is 23.5 Å². The van der Waals surface area contributed by atoms with E-state index in [1.807, 2.05) is 11.8 Å². The van der Waals surface area contributed by atoms with Gasteiger partial charge in [0.05, 0.1) is 0 Å². The summed E-state index contributed by atoms with van der Waals surface area (Å²) in [7, 11) is 0. The zero-order valence-corrected chi connectivity index (χ0v) is 8.13. The second-order valence-electron chi connectivity index (χ2n) is 2.76. The van der Waals surface area contributed by atoms with Crippen molar-refractivity contribution in [2.45, 2.75) is 27.2 Å². The standard InChI is InChI=1S/C9H18S/c1-5-10-7-6-9(4)8(2)3/h8H,4-7H2,1-3H3. The Labute approximate surface area is 69.1 Å². The third-order valence-electron chi connectivity index (χ3n) is 1.59. The Morgan fingerprint density at radius 2 is 2.10 bits per heavy atom. The Morgan fingerprint density at radius 3 is 2.50 bits per heavy atom. The molecule has 10 heavy (non-hydrogen) atoms. The van der Waals surface area contributed by atoms with Gasteiger partial charge < -0.3 is 0 Å². The van der Waals surface area contributed by atoms with Crippen molar-refractivity contribution in [3.05, 3.63) is 12.2 Å². The zero-order valence-electron chi connectivity index (χ0n) is 7.31. The Bertz CT molecular complexity index is 94.9. The summed E-state index contributed by atoms with van der Waals surface area (Å²) in [6, 6.07) is 0. The van der Waals surface area contributed by atoms with Crippen LogP contribution in [0.4, 0.5) is 0 Å². The molecule has 0 spiro atoms. The highest BCUT2D eigenvalue weighted by molar-refractivity contribution is 7.99. The molecule has 0 aromatic carbocycles. The summed E-state index contributed by atoms with van der Waals surface area (Å²) >= 11 is 1.99. The minimum atomic E-state index is 0.664. The van der Waals surface area contributed by atoms with E-state index >= 15 is 0 Å². The molecule has 0 unspecified atom stereocenters. The molecule has 1 heteroatoms. The van der Waals surface area contributed by atoms with Gasteiger partial charge in [0.15, 0.2) is 0 Å². The minimum absolute atomic E-state index is 0.664. The summed E-state index contributed by atoms with van der Waals surface area (Å²) in [4.78, 5) is 0. The molecule has 60 valence electrons. The Morgan fingerprint density at radius 1 is 1.50 bits per heavy atom. The molecule has 0 aliphatic rings. The monoisotopic (exact) mass is 158 g/mol. The topological polar surface area (TPSA) is 0 Å². The largest absolute Gasteiger partial charge is 0.162 e. The van der Waals surface area contributed by atoms with E-state index in [0.29, 0.717) is 5.92 Å². The zero-order chi connectivity index (χ0) is 7.98. The number of hydrogen-bond donors (Lipinski definition) is 0. The summed E-state index contributed by atoms with van der Waals surface area (Å²) in [5.74, 6) is 3.14. The summed E-state index contributed by atoms with van der Waals surface area (Å²) in [6.07, 6.45) is 1.19. The van der Waals surface area contributed by atoms with Gasteiger partial charge in [0.2, 0.25) is 0 Å². The van der Waals surface area contributed by atoms with Gasteiger partial charge in [0.1, 0.15) is 0 Å². The average Bonchev–Trinajstić information content (AvgIpc) is 1.88. The maximum Gasteiger partial charge on any atom is -0.00303 e. The predicted octanol–water partition coefficient (Wildman–Crippen LogP) is 3.34. The predicted molar refractivity (Wildman–Crippen MR) is 51.6 cm³/mol. The number of hydrogen-bond acceptors (Lipinski definition) is 1. The molecule has 0 atom stereocenters. The first-order valence-electron chi connectivity index (χ1n) is 3.93. The molecule has 0 heterocycles. The second kappa shape index (κ2) is 5.84. The first-order valence-corrected chi connectivity index (χ1v) is 5.09. The molecular weight excluding hydrogens is 140 g/mol. The lowest BCUT2D eigenvalue weighted by molar-refractivity contribution is 0.739. The highest BCUT2D eigenvalue weighted by Crippen LogP contribution is 2.14. The molecule has 0 aromatic heterocycles. The molecule has 0 amide bonds. The molecule has 0 aliphatic carbocycles. The molecule has 0 saturated carbocycles. The second-order valence-corrected chi connectivity index (χ2v) is 4.15. The van der Waals surface area contributed by atoms with Crippen LogP contribution in [0, 0.1) is 5.92 Å². The maximum atomic E-state index is 4.01. The fourth-order valence-electron chi connectivity index (χ4n) is 0.636. The smallest absolute Gasteiger partial charge is 0.00303 e. The van der Waals surface area contributed by atoms with Crippen LogP contribution in [-0.4, -0.2) is 11.5 Å². The van der Waals surface area contributed by atoms with Crippen molar-refractivity contribution < 1.29 is 0 Å². The van der Waals surface area contributed by atoms with Crippen LogP contribution in [-0.2, 0) is 0 Å². The van der Waals surface area contributed by atoms with Gasteiger partial charge in [-0.2, -0.15) is 11.8 Å². The fraction of sp³-hybridized carbons (Fsp3) is 0.778. The molecule has 0 nitrogen and oxygen atoms in total. The van der Waals surface area contributed by atoms with E-state index < -0.39 is 0 Å². The molecular formula is C9H18S. The van der Waals surface area contributed by atoms with Crippen molar-refractivity contribution in [3.63, 3.8) is 0 Å². The summed E-state index contributed by atoms with van der Waals surface area (Å²) < 4.78 is 0. The van der Waals surface area contributed by atoms with Crippen LogP contribution in [0.15, 0.2) is 12.2 Å². The molecule has 0 fully saturated rings. The summed E-state index contributed by atoms with van der Waals surface area (Å²) in [6.45, 7) is 10.6. The highest BCUT2D eigenvalue weighted by Gasteiger charge is 1.98. The molecule has 0 rings (SSSR count). The first-order chi connectivity index (χ1) is 4.68. The van der Waals surface area contributed by atoms with Crippen molar-refractivity contribution in [2.24, 2.45) is 5.92 Å². The van der Waals surface area contributed by atoms with Gasteiger partial charge in [-0.3, -0.25) is 0 Å². The molecule has 0 radical (unpaired) electrons. The SMILES string of the molecule is C=C(CCSCC)C(C)C. The molecule has 0 aromatic rings. The lowest BCUT2D eigenvalue weighted by Crippen LogP contribution is -1.93. The Kier molecular flexibility index (Phi) is 5.90. The third-order valence-corrected chi connectivity index (χ3v) is 2.49. The lowest BCUT2D eigenvalue weighted by atomic mass is 10.0. The molecule has 0 N–H and O–H groups in total. The van der Waals surface area contributed by atoms with Gasteiger partial charge in [-0.25, -0.2) is 0 Å². The van der Waals surface area contributed by atoms with E-state index in [4.69, 9.17) is 0 Å². The quantitative estimate of drug-likeness (QED) is 0.437. The molecule has 0 aliphatic heterocycles. The van der Waals surface area contributed by atoms with Crippen LogP contribution in [0.1, 0.15) is 27.2 Å². The van der Waals surface area contributed by atoms with Crippen molar-refractivity contribution in [1.82, 2.24) is 0 Å². The first kappa shape index (κ1) is 10.1. The molecule has 0 bridgehead atoms. The lowest BCUT2D eigenvalue weighted by Gasteiger charge is -2.07. The summed E-state index contributed by atoms with van der Waals surface area (Å²) in [5, 5.41) is 0. The fourth-order valence-corrected chi connectivity index (χ4v) is 1.33. The van der Waals surface area contributed by atoms with Crippen LogP contribution in [0.5, 0.6) is 0 Å². The van der Waals surface area contributed by atoms with Crippen molar-refractivity contribution in [2.75, 3.05) is 11.5 Å². The Hall–Kier alpha value is 0.0900. The van der Waals surface area contributed by atoms with E-state index in [9.17, 15) is 0 Å². The van der Waals surface area contributed by atoms with Crippen LogP contribution in [0.25, 0.3) is 0 Å². The number of rotatable bonds is 5. The Balaban J connectivity index is 3.22. The number of thioether (sulfide) groups is 1. The van der Waals surface area contributed by atoms with E-state index in [0.717, 1.165) is 0 Å². The maximum absolute atomic E-state index is 4.01.